The molecule has 2 aromatic heterocycles. The Kier molecular flexibility index (Phi) is 4.76. The third-order valence-electron chi connectivity index (χ3n) is 4.29. The summed E-state index contributed by atoms with van der Waals surface area (Å²) in [5.74, 6) is -0.593. The van der Waals surface area contributed by atoms with E-state index in [2.05, 4.69) is 4.98 Å². The van der Waals surface area contributed by atoms with Crippen LogP contribution >= 0.6 is 11.6 Å². The number of fused-ring (bicyclic) bond motifs is 1. The smallest absolute Gasteiger partial charge is 0.310 e. The van der Waals surface area contributed by atoms with Gasteiger partial charge in [0, 0.05) is 30.4 Å². The van der Waals surface area contributed by atoms with Crippen LogP contribution < -0.4 is 0 Å². The number of hydrogen-bond acceptors (Lipinski definition) is 4. The Morgan fingerprint density at radius 1 is 1.46 bits per heavy atom. The summed E-state index contributed by atoms with van der Waals surface area (Å²) in [4.78, 5) is 31.1. The Balaban J connectivity index is 1.86. The van der Waals surface area contributed by atoms with Crippen LogP contribution in [0.1, 0.15) is 35.9 Å². The van der Waals surface area contributed by atoms with Crippen LogP contribution in [0, 0.1) is 12.8 Å². The van der Waals surface area contributed by atoms with Crippen molar-refractivity contribution in [1.29, 1.82) is 0 Å². The number of imidazole rings is 1. The van der Waals surface area contributed by atoms with E-state index >= 15 is 0 Å². The third-order valence-corrected chi connectivity index (χ3v) is 4.53. The van der Waals surface area contributed by atoms with Gasteiger partial charge in [-0.15, -0.1) is 0 Å². The van der Waals surface area contributed by atoms with Crippen LogP contribution in [0.15, 0.2) is 18.3 Å². The maximum atomic E-state index is 13.0. The lowest BCUT2D eigenvalue weighted by Gasteiger charge is -2.31. The van der Waals surface area contributed by atoms with Gasteiger partial charge in [-0.1, -0.05) is 11.6 Å². The van der Waals surface area contributed by atoms with Gasteiger partial charge in [0.1, 0.15) is 11.3 Å². The third kappa shape index (κ3) is 3.11. The summed E-state index contributed by atoms with van der Waals surface area (Å²) in [5, 5.41) is 0.576. The molecule has 0 saturated carbocycles. The number of carbonyl (C=O) groups excluding carboxylic acids is 2. The van der Waals surface area contributed by atoms with Crippen LogP contribution in [-0.4, -0.2) is 45.9 Å². The van der Waals surface area contributed by atoms with E-state index in [9.17, 15) is 9.59 Å². The molecule has 3 rings (SSSR count). The highest BCUT2D eigenvalue weighted by molar-refractivity contribution is 6.30. The molecule has 24 heavy (non-hydrogen) atoms. The molecule has 6 nitrogen and oxygen atoms in total. The number of hydrogen-bond donors (Lipinski definition) is 0. The van der Waals surface area contributed by atoms with E-state index in [1.54, 1.807) is 41.5 Å². The van der Waals surface area contributed by atoms with E-state index in [0.29, 0.717) is 41.8 Å². The molecule has 1 aliphatic rings. The van der Waals surface area contributed by atoms with Crippen molar-refractivity contribution in [3.8, 4) is 0 Å². The van der Waals surface area contributed by atoms with Crippen LogP contribution in [0.25, 0.3) is 5.65 Å². The summed E-state index contributed by atoms with van der Waals surface area (Å²) in [5.41, 5.74) is 1.81. The number of amides is 1. The van der Waals surface area contributed by atoms with Crippen molar-refractivity contribution in [3.05, 3.63) is 34.7 Å². The highest BCUT2D eigenvalue weighted by Gasteiger charge is 2.31. The fourth-order valence-corrected chi connectivity index (χ4v) is 3.31. The van der Waals surface area contributed by atoms with Crippen molar-refractivity contribution in [2.45, 2.75) is 26.7 Å². The predicted molar refractivity (Wildman–Crippen MR) is 90.2 cm³/mol. The highest BCUT2D eigenvalue weighted by Crippen LogP contribution is 2.22. The molecule has 2 aromatic rings. The van der Waals surface area contributed by atoms with E-state index in [0.717, 1.165) is 12.8 Å². The lowest BCUT2D eigenvalue weighted by atomic mass is 9.98. The van der Waals surface area contributed by atoms with Crippen LogP contribution in [0.5, 0.6) is 0 Å². The number of nitrogens with zero attached hydrogens (tertiary/aromatic N) is 3. The monoisotopic (exact) mass is 349 g/mol. The first-order valence-electron chi connectivity index (χ1n) is 8.11. The number of ether oxygens (including phenoxy) is 1. The maximum Gasteiger partial charge on any atom is 0.310 e. The van der Waals surface area contributed by atoms with Gasteiger partial charge in [0.2, 0.25) is 0 Å². The minimum Gasteiger partial charge on any atom is -0.466 e. The highest BCUT2D eigenvalue weighted by atomic mass is 35.5. The largest absolute Gasteiger partial charge is 0.466 e. The van der Waals surface area contributed by atoms with Crippen molar-refractivity contribution in [1.82, 2.24) is 14.3 Å². The number of rotatable bonds is 3. The summed E-state index contributed by atoms with van der Waals surface area (Å²) in [6, 6.07) is 3.45. The van der Waals surface area contributed by atoms with Gasteiger partial charge in [-0.2, -0.15) is 0 Å². The molecule has 0 aliphatic carbocycles. The Hall–Kier alpha value is -2.08. The van der Waals surface area contributed by atoms with Gasteiger partial charge in [-0.25, -0.2) is 4.98 Å². The molecule has 1 amide bonds. The number of piperidine rings is 1. The number of carbonyl (C=O) groups is 2. The molecule has 3 heterocycles. The van der Waals surface area contributed by atoms with Gasteiger partial charge in [0.25, 0.3) is 5.91 Å². The topological polar surface area (TPSA) is 63.9 Å². The SMILES string of the molecule is CCOC(=O)C1CCCN(C(=O)c2c(C)nc3cc(Cl)ccn23)C1. The van der Waals surface area contributed by atoms with Gasteiger partial charge in [0.05, 0.1) is 18.2 Å². The Morgan fingerprint density at radius 3 is 3.00 bits per heavy atom. The molecule has 0 radical (unpaired) electrons. The van der Waals surface area contributed by atoms with Crippen molar-refractivity contribution in [3.63, 3.8) is 0 Å². The van der Waals surface area contributed by atoms with Gasteiger partial charge in [0.15, 0.2) is 0 Å². The van der Waals surface area contributed by atoms with E-state index < -0.39 is 0 Å². The zero-order chi connectivity index (χ0) is 17.3. The number of esters is 1. The number of pyridine rings is 1. The van der Waals surface area contributed by atoms with E-state index in [-0.39, 0.29) is 17.8 Å². The molecule has 1 aliphatic heterocycles. The Labute approximate surface area is 145 Å². The number of aryl methyl sites for hydroxylation is 1. The van der Waals surface area contributed by atoms with Crippen LogP contribution in [0.3, 0.4) is 0 Å². The second-order valence-corrected chi connectivity index (χ2v) is 6.40. The molecule has 0 spiro atoms. The van der Waals surface area contributed by atoms with Crippen molar-refractivity contribution in [2.75, 3.05) is 19.7 Å². The van der Waals surface area contributed by atoms with Crippen molar-refractivity contribution < 1.29 is 14.3 Å². The molecule has 1 unspecified atom stereocenters. The zero-order valence-corrected chi connectivity index (χ0v) is 14.5. The number of aromatic nitrogens is 2. The first-order chi connectivity index (χ1) is 11.5. The average molecular weight is 350 g/mol. The molecule has 0 bridgehead atoms. The standard InChI is InChI=1S/C17H20ClN3O3/c1-3-24-17(23)12-5-4-7-20(10-12)16(22)15-11(2)19-14-9-13(18)6-8-21(14)15/h6,8-9,12H,3-5,7,10H2,1-2H3. The minimum atomic E-state index is -0.253. The van der Waals surface area contributed by atoms with E-state index in [1.165, 1.54) is 0 Å². The molecule has 0 aromatic carbocycles. The molecule has 1 atom stereocenters. The molecule has 1 saturated heterocycles. The van der Waals surface area contributed by atoms with Crippen LogP contribution in [-0.2, 0) is 9.53 Å². The van der Waals surface area contributed by atoms with E-state index in [4.69, 9.17) is 16.3 Å². The summed E-state index contributed by atoms with van der Waals surface area (Å²) in [6.45, 7) is 4.97. The summed E-state index contributed by atoms with van der Waals surface area (Å²) < 4.78 is 6.85. The molecule has 0 N–H and O–H groups in total. The van der Waals surface area contributed by atoms with Crippen molar-refractivity contribution >= 4 is 29.1 Å². The summed E-state index contributed by atoms with van der Waals surface area (Å²) in [7, 11) is 0. The first-order valence-corrected chi connectivity index (χ1v) is 8.49. The molecular formula is C17H20ClN3O3. The first kappa shape index (κ1) is 16.8. The van der Waals surface area contributed by atoms with Crippen molar-refractivity contribution in [2.24, 2.45) is 5.92 Å². The van der Waals surface area contributed by atoms with Gasteiger partial charge in [-0.3, -0.25) is 14.0 Å². The second kappa shape index (κ2) is 6.81. The molecular weight excluding hydrogens is 330 g/mol. The second-order valence-electron chi connectivity index (χ2n) is 5.96. The van der Waals surface area contributed by atoms with Crippen LogP contribution in [0.2, 0.25) is 5.02 Å². The molecule has 7 heteroatoms. The lowest BCUT2D eigenvalue weighted by molar-refractivity contribution is -0.149. The van der Waals surface area contributed by atoms with E-state index in [1.807, 2.05) is 0 Å². The number of halogens is 1. The zero-order valence-electron chi connectivity index (χ0n) is 13.8. The maximum absolute atomic E-state index is 13.0. The molecule has 128 valence electrons. The summed E-state index contributed by atoms with van der Waals surface area (Å²) >= 11 is 5.99. The van der Waals surface area contributed by atoms with Crippen LogP contribution in [0.4, 0.5) is 0 Å². The normalized spacial score (nSPS) is 18.0. The Morgan fingerprint density at radius 2 is 2.25 bits per heavy atom. The number of likely N-dealkylation sites (tertiary alicyclic amines) is 1. The quantitative estimate of drug-likeness (QED) is 0.799. The fraction of sp³-hybridized carbons (Fsp3) is 0.471. The summed E-state index contributed by atoms with van der Waals surface area (Å²) in [6.07, 6.45) is 3.29. The average Bonchev–Trinajstić information content (AvgIpc) is 2.89. The van der Waals surface area contributed by atoms with Gasteiger partial charge >= 0.3 is 5.97 Å². The predicted octanol–water partition coefficient (Wildman–Crippen LogP) is 2.71. The fourth-order valence-electron chi connectivity index (χ4n) is 3.16. The molecule has 1 fully saturated rings. The Bertz CT molecular complexity index is 787. The lowest BCUT2D eigenvalue weighted by Crippen LogP contribution is -2.43. The van der Waals surface area contributed by atoms with Gasteiger partial charge in [-0.05, 0) is 32.8 Å². The minimum absolute atomic E-state index is 0.115. The van der Waals surface area contributed by atoms with Gasteiger partial charge < -0.3 is 9.64 Å².